The fourth-order valence-corrected chi connectivity index (χ4v) is 2.90. The van der Waals surface area contributed by atoms with Gasteiger partial charge in [-0.05, 0) is 36.4 Å². The normalized spacial score (nSPS) is 10.8. The largest absolute Gasteiger partial charge is 0.399 e. The standard InChI is InChI=1S/C13H9ClFN3S/c14-7-3-8(15)5-10(4-7)17-13-18-11-2-1-9(16)6-12(11)19-13/h1-6H,16H2,(H,17,18). The molecule has 3 rings (SSSR count). The van der Waals surface area contributed by atoms with Crippen LogP contribution in [0.4, 0.5) is 20.9 Å². The monoisotopic (exact) mass is 293 g/mol. The van der Waals surface area contributed by atoms with Crippen molar-refractivity contribution in [2.75, 3.05) is 11.1 Å². The van der Waals surface area contributed by atoms with Crippen molar-refractivity contribution in [3.63, 3.8) is 0 Å². The van der Waals surface area contributed by atoms with Gasteiger partial charge in [0, 0.05) is 16.4 Å². The van der Waals surface area contributed by atoms with E-state index in [1.807, 2.05) is 12.1 Å². The number of rotatable bonds is 2. The van der Waals surface area contributed by atoms with Crippen LogP contribution in [-0.4, -0.2) is 4.98 Å². The SMILES string of the molecule is Nc1ccc2nc(Nc3cc(F)cc(Cl)c3)sc2c1. The number of nitrogen functional groups attached to an aromatic ring is 1. The van der Waals surface area contributed by atoms with Crippen molar-refractivity contribution < 1.29 is 4.39 Å². The van der Waals surface area contributed by atoms with Crippen LogP contribution in [-0.2, 0) is 0 Å². The number of hydrogen-bond donors (Lipinski definition) is 2. The average molecular weight is 294 g/mol. The van der Waals surface area contributed by atoms with Crippen molar-refractivity contribution >= 4 is 49.7 Å². The summed E-state index contributed by atoms with van der Waals surface area (Å²) < 4.78 is 14.2. The number of fused-ring (bicyclic) bond motifs is 1. The molecule has 3 aromatic rings. The van der Waals surface area contributed by atoms with E-state index >= 15 is 0 Å². The zero-order valence-electron chi connectivity index (χ0n) is 9.65. The van der Waals surface area contributed by atoms with E-state index in [2.05, 4.69) is 10.3 Å². The minimum absolute atomic E-state index is 0.341. The van der Waals surface area contributed by atoms with Crippen LogP contribution < -0.4 is 11.1 Å². The number of halogens is 2. The van der Waals surface area contributed by atoms with Gasteiger partial charge in [0.1, 0.15) is 5.82 Å². The molecule has 3 N–H and O–H groups in total. The van der Waals surface area contributed by atoms with Crippen LogP contribution in [0.3, 0.4) is 0 Å². The third kappa shape index (κ3) is 2.62. The van der Waals surface area contributed by atoms with Gasteiger partial charge in [-0.1, -0.05) is 22.9 Å². The number of nitrogens with two attached hydrogens (primary N) is 1. The Morgan fingerprint density at radius 1 is 1.21 bits per heavy atom. The van der Waals surface area contributed by atoms with Gasteiger partial charge in [-0.25, -0.2) is 9.37 Å². The van der Waals surface area contributed by atoms with Gasteiger partial charge in [-0.3, -0.25) is 0 Å². The Morgan fingerprint density at radius 2 is 2.05 bits per heavy atom. The van der Waals surface area contributed by atoms with Gasteiger partial charge in [-0.15, -0.1) is 0 Å². The van der Waals surface area contributed by atoms with Crippen LogP contribution in [0, 0.1) is 5.82 Å². The second-order valence-corrected chi connectivity index (χ2v) is 5.50. The smallest absolute Gasteiger partial charge is 0.188 e. The molecule has 2 aromatic carbocycles. The number of hydrogen-bond acceptors (Lipinski definition) is 4. The molecule has 0 aliphatic carbocycles. The molecule has 0 amide bonds. The van der Waals surface area contributed by atoms with Gasteiger partial charge in [-0.2, -0.15) is 0 Å². The first kappa shape index (κ1) is 12.2. The Morgan fingerprint density at radius 3 is 2.84 bits per heavy atom. The van der Waals surface area contributed by atoms with E-state index in [9.17, 15) is 4.39 Å². The minimum Gasteiger partial charge on any atom is -0.399 e. The van der Waals surface area contributed by atoms with Crippen LogP contribution in [0.2, 0.25) is 5.02 Å². The highest BCUT2D eigenvalue weighted by Crippen LogP contribution is 2.30. The van der Waals surface area contributed by atoms with Crippen LogP contribution >= 0.6 is 22.9 Å². The molecule has 0 unspecified atom stereocenters. The van der Waals surface area contributed by atoms with Gasteiger partial charge >= 0.3 is 0 Å². The number of nitrogens with zero attached hydrogens (tertiary/aromatic N) is 1. The molecular weight excluding hydrogens is 285 g/mol. The van der Waals surface area contributed by atoms with Crippen molar-refractivity contribution in [2.24, 2.45) is 0 Å². The van der Waals surface area contributed by atoms with Crippen LogP contribution in [0.1, 0.15) is 0 Å². The lowest BCUT2D eigenvalue weighted by Gasteiger charge is -2.02. The quantitative estimate of drug-likeness (QED) is 0.688. The van der Waals surface area contributed by atoms with E-state index in [1.165, 1.54) is 23.5 Å². The van der Waals surface area contributed by atoms with E-state index in [0.29, 0.717) is 21.5 Å². The molecule has 19 heavy (non-hydrogen) atoms. The molecule has 0 spiro atoms. The lowest BCUT2D eigenvalue weighted by Crippen LogP contribution is -1.90. The maximum atomic E-state index is 13.2. The Balaban J connectivity index is 1.96. The van der Waals surface area contributed by atoms with Crippen molar-refractivity contribution in [2.45, 2.75) is 0 Å². The highest BCUT2D eigenvalue weighted by Gasteiger charge is 2.06. The number of nitrogens with one attached hydrogen (secondary N) is 1. The molecular formula is C13H9ClFN3S. The summed E-state index contributed by atoms with van der Waals surface area (Å²) in [4.78, 5) is 4.39. The van der Waals surface area contributed by atoms with Crippen LogP contribution in [0.5, 0.6) is 0 Å². The van der Waals surface area contributed by atoms with E-state index in [-0.39, 0.29) is 5.82 Å². The summed E-state index contributed by atoms with van der Waals surface area (Å²) in [6, 6.07) is 9.77. The van der Waals surface area contributed by atoms with Gasteiger partial charge < -0.3 is 11.1 Å². The summed E-state index contributed by atoms with van der Waals surface area (Å²) in [6.07, 6.45) is 0. The van der Waals surface area contributed by atoms with Gasteiger partial charge in [0.2, 0.25) is 0 Å². The van der Waals surface area contributed by atoms with Crippen molar-refractivity contribution in [1.29, 1.82) is 0 Å². The molecule has 0 atom stereocenters. The fraction of sp³-hybridized carbons (Fsp3) is 0. The summed E-state index contributed by atoms with van der Waals surface area (Å²) in [7, 11) is 0. The third-order valence-corrected chi connectivity index (χ3v) is 3.68. The predicted octanol–water partition coefficient (Wildman–Crippen LogP) is 4.41. The lowest BCUT2D eigenvalue weighted by molar-refractivity contribution is 0.628. The highest BCUT2D eigenvalue weighted by molar-refractivity contribution is 7.22. The van der Waals surface area contributed by atoms with Crippen molar-refractivity contribution in [1.82, 2.24) is 4.98 Å². The molecule has 0 aliphatic rings. The minimum atomic E-state index is -0.389. The second-order valence-electron chi connectivity index (χ2n) is 4.03. The highest BCUT2D eigenvalue weighted by atomic mass is 35.5. The first-order valence-corrected chi connectivity index (χ1v) is 6.69. The molecule has 0 fully saturated rings. The van der Waals surface area contributed by atoms with Crippen LogP contribution in [0.25, 0.3) is 10.2 Å². The maximum absolute atomic E-state index is 13.2. The Labute approximate surface area is 117 Å². The molecule has 0 saturated carbocycles. The summed E-state index contributed by atoms with van der Waals surface area (Å²) in [5.41, 5.74) is 7.83. The van der Waals surface area contributed by atoms with E-state index < -0.39 is 0 Å². The zero-order valence-corrected chi connectivity index (χ0v) is 11.2. The molecule has 1 heterocycles. The lowest BCUT2D eigenvalue weighted by atomic mass is 10.3. The number of thiazole rings is 1. The van der Waals surface area contributed by atoms with E-state index in [0.717, 1.165) is 10.2 Å². The van der Waals surface area contributed by atoms with Crippen molar-refractivity contribution in [3.05, 3.63) is 47.2 Å². The first-order chi connectivity index (χ1) is 9.10. The topological polar surface area (TPSA) is 50.9 Å². The summed E-state index contributed by atoms with van der Waals surface area (Å²) in [5, 5.41) is 4.05. The van der Waals surface area contributed by atoms with Gasteiger partial charge in [0.25, 0.3) is 0 Å². The number of benzene rings is 2. The predicted molar refractivity (Wildman–Crippen MR) is 78.7 cm³/mol. The summed E-state index contributed by atoms with van der Waals surface area (Å²) >= 11 is 7.25. The van der Waals surface area contributed by atoms with E-state index in [4.69, 9.17) is 17.3 Å². The molecule has 96 valence electrons. The van der Waals surface area contributed by atoms with Crippen molar-refractivity contribution in [3.8, 4) is 0 Å². The molecule has 0 aliphatic heterocycles. The summed E-state index contributed by atoms with van der Waals surface area (Å²) in [6.45, 7) is 0. The molecule has 0 saturated heterocycles. The van der Waals surface area contributed by atoms with Gasteiger partial charge in [0.15, 0.2) is 5.13 Å². The third-order valence-electron chi connectivity index (χ3n) is 2.53. The van der Waals surface area contributed by atoms with Gasteiger partial charge in [0.05, 0.1) is 10.2 Å². The first-order valence-electron chi connectivity index (χ1n) is 5.49. The van der Waals surface area contributed by atoms with E-state index in [1.54, 1.807) is 12.1 Å². The zero-order chi connectivity index (χ0) is 13.4. The molecule has 1 aromatic heterocycles. The molecule has 6 heteroatoms. The Hall–Kier alpha value is -1.85. The number of anilines is 3. The molecule has 3 nitrogen and oxygen atoms in total. The van der Waals surface area contributed by atoms with Crippen LogP contribution in [0.15, 0.2) is 36.4 Å². The number of aromatic nitrogens is 1. The Kier molecular flexibility index (Phi) is 3.00. The second kappa shape index (κ2) is 4.68. The Bertz CT molecular complexity index is 736. The fourth-order valence-electron chi connectivity index (χ4n) is 1.74. The molecule has 0 bridgehead atoms. The average Bonchev–Trinajstić information content (AvgIpc) is 2.68. The summed E-state index contributed by atoms with van der Waals surface area (Å²) in [5.74, 6) is -0.389. The molecule has 0 radical (unpaired) electrons. The maximum Gasteiger partial charge on any atom is 0.188 e.